The predicted octanol–water partition coefficient (Wildman–Crippen LogP) is 1.74. The Labute approximate surface area is 125 Å². The van der Waals surface area contributed by atoms with Crippen LogP contribution in [0.15, 0.2) is 29.0 Å². The summed E-state index contributed by atoms with van der Waals surface area (Å²) in [7, 11) is 1.50. The number of nitrogens with zero attached hydrogens (tertiary/aromatic N) is 3. The minimum atomic E-state index is -0.390. The van der Waals surface area contributed by atoms with Crippen molar-refractivity contribution >= 4 is 29.2 Å². The molecule has 2 aromatic rings. The van der Waals surface area contributed by atoms with Crippen LogP contribution in [-0.4, -0.2) is 40.4 Å². The van der Waals surface area contributed by atoms with Gasteiger partial charge in [0.2, 0.25) is 5.91 Å². The maximum atomic E-state index is 12.1. The van der Waals surface area contributed by atoms with Crippen molar-refractivity contribution in [3.8, 4) is 0 Å². The van der Waals surface area contributed by atoms with E-state index in [4.69, 9.17) is 16.1 Å². The molecule has 110 valence electrons. The highest BCUT2D eigenvalue weighted by atomic mass is 35.5. The number of nitrogens with one attached hydrogen (secondary N) is 1. The third-order valence-electron chi connectivity index (χ3n) is 2.62. The molecule has 0 aliphatic heterocycles. The normalized spacial score (nSPS) is 10.2. The number of likely N-dealkylation sites (N-methyl/N-ethyl adjacent to an activating group) is 1. The second-order valence-electron chi connectivity index (χ2n) is 4.39. The van der Waals surface area contributed by atoms with E-state index in [9.17, 15) is 9.59 Å². The summed E-state index contributed by atoms with van der Waals surface area (Å²) >= 11 is 5.92. The topological polar surface area (TPSA) is 88.3 Å². The summed E-state index contributed by atoms with van der Waals surface area (Å²) in [5.41, 5.74) is 0.242. The molecule has 2 rings (SSSR count). The maximum Gasteiger partial charge on any atom is 0.257 e. The first-order chi connectivity index (χ1) is 9.97. The molecule has 0 atom stereocenters. The lowest BCUT2D eigenvalue weighted by Crippen LogP contribution is -2.35. The van der Waals surface area contributed by atoms with Crippen LogP contribution in [0.1, 0.15) is 16.1 Å². The van der Waals surface area contributed by atoms with E-state index in [1.807, 2.05) is 0 Å². The molecule has 0 radical (unpaired) electrons. The van der Waals surface area contributed by atoms with Crippen LogP contribution in [0.5, 0.6) is 0 Å². The monoisotopic (exact) mass is 308 g/mol. The third-order valence-corrected chi connectivity index (χ3v) is 2.95. The van der Waals surface area contributed by atoms with Crippen molar-refractivity contribution in [2.75, 3.05) is 18.9 Å². The van der Waals surface area contributed by atoms with Gasteiger partial charge in [0, 0.05) is 25.5 Å². The van der Waals surface area contributed by atoms with Gasteiger partial charge in [0.25, 0.3) is 5.91 Å². The van der Waals surface area contributed by atoms with Crippen molar-refractivity contribution in [2.45, 2.75) is 6.92 Å². The number of hydrogen-bond donors (Lipinski definition) is 1. The van der Waals surface area contributed by atoms with Crippen LogP contribution >= 0.6 is 11.6 Å². The summed E-state index contributed by atoms with van der Waals surface area (Å²) in [6.07, 6.45) is 2.85. The number of amides is 2. The van der Waals surface area contributed by atoms with E-state index in [0.29, 0.717) is 11.6 Å². The molecule has 0 aliphatic carbocycles. The number of halogens is 1. The van der Waals surface area contributed by atoms with Gasteiger partial charge >= 0.3 is 0 Å². The third kappa shape index (κ3) is 3.79. The number of carbonyl (C=O) groups excluding carboxylic acids is 2. The van der Waals surface area contributed by atoms with Crippen molar-refractivity contribution in [2.24, 2.45) is 0 Å². The molecule has 0 unspecified atom stereocenters. The lowest BCUT2D eigenvalue weighted by molar-refractivity contribution is -0.116. The van der Waals surface area contributed by atoms with Gasteiger partial charge in [0.15, 0.2) is 5.82 Å². The molecule has 1 N–H and O–H groups in total. The van der Waals surface area contributed by atoms with Crippen molar-refractivity contribution in [3.05, 3.63) is 40.9 Å². The first kappa shape index (κ1) is 15.0. The van der Waals surface area contributed by atoms with E-state index < -0.39 is 0 Å². The van der Waals surface area contributed by atoms with Crippen molar-refractivity contribution in [1.82, 2.24) is 15.0 Å². The van der Waals surface area contributed by atoms with Crippen molar-refractivity contribution < 1.29 is 14.1 Å². The molecule has 0 fully saturated rings. The number of aromatic nitrogens is 2. The Kier molecular flexibility index (Phi) is 4.54. The first-order valence-corrected chi connectivity index (χ1v) is 6.43. The van der Waals surface area contributed by atoms with Gasteiger partial charge in [0.05, 0.1) is 17.1 Å². The number of pyridine rings is 1. The van der Waals surface area contributed by atoms with Crippen LogP contribution in [0.25, 0.3) is 0 Å². The van der Waals surface area contributed by atoms with Gasteiger partial charge in [0.1, 0.15) is 5.76 Å². The molecule has 21 heavy (non-hydrogen) atoms. The summed E-state index contributed by atoms with van der Waals surface area (Å²) in [5, 5.41) is 6.45. The maximum absolute atomic E-state index is 12.1. The number of carbonyl (C=O) groups is 2. The highest BCUT2D eigenvalue weighted by Crippen LogP contribution is 2.15. The highest BCUT2D eigenvalue weighted by molar-refractivity contribution is 6.33. The standard InChI is InChI=1S/C13H13ClN4O3/c1-8-5-11(17-21-8)16-12(19)7-18(2)13(20)9-6-15-4-3-10(9)14/h3-6H,7H2,1-2H3,(H,16,17,19). The number of hydrogen-bond acceptors (Lipinski definition) is 5. The Hall–Kier alpha value is -2.41. The summed E-state index contributed by atoms with van der Waals surface area (Å²) in [4.78, 5) is 29.0. The van der Waals surface area contributed by atoms with Crippen LogP contribution in [0.3, 0.4) is 0 Å². The molecule has 7 nitrogen and oxygen atoms in total. The zero-order valence-corrected chi connectivity index (χ0v) is 12.2. The van der Waals surface area contributed by atoms with E-state index >= 15 is 0 Å². The van der Waals surface area contributed by atoms with Gasteiger partial charge in [-0.1, -0.05) is 16.8 Å². The van der Waals surface area contributed by atoms with Gasteiger partial charge in [-0.15, -0.1) is 0 Å². The van der Waals surface area contributed by atoms with Gasteiger partial charge in [-0.05, 0) is 13.0 Å². The van der Waals surface area contributed by atoms with Crippen LogP contribution in [0.2, 0.25) is 5.02 Å². The van der Waals surface area contributed by atoms with Crippen LogP contribution < -0.4 is 5.32 Å². The van der Waals surface area contributed by atoms with E-state index in [2.05, 4.69) is 15.5 Å². The van der Waals surface area contributed by atoms with Gasteiger partial charge in [-0.3, -0.25) is 14.6 Å². The lowest BCUT2D eigenvalue weighted by Gasteiger charge is -2.16. The zero-order chi connectivity index (χ0) is 15.4. The zero-order valence-electron chi connectivity index (χ0n) is 11.5. The van der Waals surface area contributed by atoms with Crippen LogP contribution in [0.4, 0.5) is 5.82 Å². The molecule has 2 aromatic heterocycles. The Morgan fingerprint density at radius 3 is 2.86 bits per heavy atom. The van der Waals surface area contributed by atoms with Gasteiger partial charge in [-0.2, -0.15) is 0 Å². The molecule has 2 heterocycles. The fourth-order valence-corrected chi connectivity index (χ4v) is 1.82. The molecule has 8 heteroatoms. The SMILES string of the molecule is Cc1cc(NC(=O)CN(C)C(=O)c2cnccc2Cl)no1. The quantitative estimate of drug-likeness (QED) is 0.929. The van der Waals surface area contributed by atoms with Crippen molar-refractivity contribution in [3.63, 3.8) is 0 Å². The Morgan fingerprint density at radius 2 is 2.24 bits per heavy atom. The van der Waals surface area contributed by atoms with Crippen LogP contribution in [0, 0.1) is 6.92 Å². The lowest BCUT2D eigenvalue weighted by atomic mass is 10.2. The predicted molar refractivity (Wildman–Crippen MR) is 76.1 cm³/mol. The van der Waals surface area contributed by atoms with E-state index in [1.165, 1.54) is 30.4 Å². The Morgan fingerprint density at radius 1 is 1.48 bits per heavy atom. The number of aryl methyl sites for hydroxylation is 1. The first-order valence-electron chi connectivity index (χ1n) is 6.05. The second-order valence-corrected chi connectivity index (χ2v) is 4.79. The smallest absolute Gasteiger partial charge is 0.257 e. The molecular weight excluding hydrogens is 296 g/mol. The summed E-state index contributed by atoms with van der Waals surface area (Å²) < 4.78 is 4.83. The fourth-order valence-electron chi connectivity index (χ4n) is 1.64. The molecule has 0 saturated carbocycles. The molecular formula is C13H13ClN4O3. The van der Waals surface area contributed by atoms with E-state index in [1.54, 1.807) is 13.0 Å². The fraction of sp³-hybridized carbons (Fsp3) is 0.231. The van der Waals surface area contributed by atoms with Crippen LogP contribution in [-0.2, 0) is 4.79 Å². The largest absolute Gasteiger partial charge is 0.360 e. The summed E-state index contributed by atoms with van der Waals surface area (Å²) in [6, 6.07) is 3.10. The minimum absolute atomic E-state index is 0.143. The Balaban J connectivity index is 1.97. The molecule has 0 bridgehead atoms. The number of anilines is 1. The molecule has 2 amide bonds. The van der Waals surface area contributed by atoms with Gasteiger partial charge < -0.3 is 14.7 Å². The average Bonchev–Trinajstić information content (AvgIpc) is 2.83. The van der Waals surface area contributed by atoms with E-state index in [0.717, 1.165) is 0 Å². The summed E-state index contributed by atoms with van der Waals surface area (Å²) in [6.45, 7) is 1.57. The van der Waals surface area contributed by atoms with Crippen molar-refractivity contribution in [1.29, 1.82) is 0 Å². The van der Waals surface area contributed by atoms with Gasteiger partial charge in [-0.25, -0.2) is 0 Å². The highest BCUT2D eigenvalue weighted by Gasteiger charge is 2.18. The second kappa shape index (κ2) is 6.36. The molecule has 0 aromatic carbocycles. The number of rotatable bonds is 4. The molecule has 0 aliphatic rings. The van der Waals surface area contributed by atoms with E-state index in [-0.39, 0.29) is 28.9 Å². The molecule has 0 saturated heterocycles. The Bertz CT molecular complexity index is 671. The minimum Gasteiger partial charge on any atom is -0.360 e. The average molecular weight is 309 g/mol. The molecule has 0 spiro atoms. The summed E-state index contributed by atoms with van der Waals surface area (Å²) in [5.74, 6) is 0.105.